The van der Waals surface area contributed by atoms with Gasteiger partial charge < -0.3 is 9.84 Å². The van der Waals surface area contributed by atoms with E-state index in [1.165, 1.54) is 11.3 Å². The van der Waals surface area contributed by atoms with Crippen molar-refractivity contribution in [1.82, 2.24) is 0 Å². The molecular weight excluding hydrogens is 574 g/mol. The minimum absolute atomic E-state index is 0.526. The van der Waals surface area contributed by atoms with E-state index in [0.717, 1.165) is 30.9 Å². The number of carbonyl (C=O) groups excluding carboxylic acids is 1. The third-order valence-corrected chi connectivity index (χ3v) is 8.64. The molecule has 0 radical (unpaired) electrons. The fourth-order valence-corrected chi connectivity index (χ4v) is 6.35. The number of carbonyl (C=O) groups is 2. The lowest BCUT2D eigenvalue weighted by atomic mass is 9.89. The molecule has 1 saturated carbocycles. The Morgan fingerprint density at radius 2 is 1.73 bits per heavy atom. The number of rotatable bonds is 7. The maximum atomic E-state index is 12.9. The molecule has 188 valence electrons. The molecule has 1 heterocycles. The lowest BCUT2D eigenvalue weighted by Crippen LogP contribution is -2.19. The van der Waals surface area contributed by atoms with Crippen molar-refractivity contribution in [1.29, 1.82) is 0 Å². The van der Waals surface area contributed by atoms with Crippen molar-refractivity contribution < 1.29 is 19.4 Å². The molecule has 0 bridgehead atoms. The number of benzene rings is 3. The van der Waals surface area contributed by atoms with Gasteiger partial charge in [-0.1, -0.05) is 72.3 Å². The van der Waals surface area contributed by atoms with E-state index in [1.54, 1.807) is 13.0 Å². The highest BCUT2D eigenvalue weighted by atomic mass is 79.9. The maximum Gasteiger partial charge on any atom is 0.412 e. The van der Waals surface area contributed by atoms with Gasteiger partial charge in [-0.3, -0.25) is 10.1 Å². The number of halogens is 2. The minimum Gasteiger partial charge on any atom is -0.481 e. The van der Waals surface area contributed by atoms with Crippen molar-refractivity contribution in [3.8, 4) is 21.6 Å². The average molecular weight is 597 g/mol. The number of ether oxygens (including phenoxy) is 1. The highest BCUT2D eigenvalue weighted by Gasteiger charge is 2.51. The Labute approximate surface area is 232 Å². The Morgan fingerprint density at radius 1 is 1.03 bits per heavy atom. The van der Waals surface area contributed by atoms with E-state index in [1.807, 2.05) is 72.8 Å². The third kappa shape index (κ3) is 5.17. The summed E-state index contributed by atoms with van der Waals surface area (Å²) in [7, 11) is 0. The van der Waals surface area contributed by atoms with Gasteiger partial charge >= 0.3 is 12.1 Å². The lowest BCUT2D eigenvalue weighted by molar-refractivity contribution is -0.140. The first-order valence-electron chi connectivity index (χ1n) is 11.7. The van der Waals surface area contributed by atoms with Crippen LogP contribution in [0.1, 0.15) is 37.0 Å². The first kappa shape index (κ1) is 25.5. The van der Waals surface area contributed by atoms with Gasteiger partial charge in [-0.2, -0.15) is 0 Å². The molecule has 1 aliphatic carbocycles. The number of anilines is 1. The van der Waals surface area contributed by atoms with Crippen molar-refractivity contribution in [3.63, 3.8) is 0 Å². The van der Waals surface area contributed by atoms with Crippen LogP contribution in [0.3, 0.4) is 0 Å². The Morgan fingerprint density at radius 3 is 2.41 bits per heavy atom. The fourth-order valence-electron chi connectivity index (χ4n) is 4.47. The number of carboxylic acid groups (broad SMARTS) is 1. The first-order valence-corrected chi connectivity index (χ1v) is 13.7. The van der Waals surface area contributed by atoms with Crippen molar-refractivity contribution >= 4 is 56.6 Å². The van der Waals surface area contributed by atoms with Gasteiger partial charge in [0.15, 0.2) is 0 Å². The number of aliphatic carboxylic acids is 1. The number of thiophene rings is 1. The van der Waals surface area contributed by atoms with Gasteiger partial charge in [-0.15, -0.1) is 11.3 Å². The van der Waals surface area contributed by atoms with E-state index in [-0.39, 0.29) is 0 Å². The zero-order valence-electron chi connectivity index (χ0n) is 19.8. The van der Waals surface area contributed by atoms with E-state index in [2.05, 4.69) is 21.2 Å². The van der Waals surface area contributed by atoms with E-state index in [9.17, 15) is 14.7 Å². The van der Waals surface area contributed by atoms with Crippen LogP contribution in [0.25, 0.3) is 21.6 Å². The predicted molar refractivity (Wildman–Crippen MR) is 151 cm³/mol. The van der Waals surface area contributed by atoms with Gasteiger partial charge in [-0.25, -0.2) is 4.79 Å². The van der Waals surface area contributed by atoms with E-state index >= 15 is 0 Å². The van der Waals surface area contributed by atoms with Crippen LogP contribution < -0.4 is 5.32 Å². The summed E-state index contributed by atoms with van der Waals surface area (Å²) in [5.74, 6) is -0.811. The summed E-state index contributed by atoms with van der Waals surface area (Å²) in [4.78, 5) is 25.8. The smallest absolute Gasteiger partial charge is 0.412 e. The van der Waals surface area contributed by atoms with Crippen LogP contribution in [0.4, 0.5) is 10.5 Å². The van der Waals surface area contributed by atoms with Crippen molar-refractivity contribution in [2.24, 2.45) is 0 Å². The largest absolute Gasteiger partial charge is 0.481 e. The molecule has 0 aliphatic heterocycles. The number of carboxylic acids is 1. The van der Waals surface area contributed by atoms with Crippen LogP contribution in [-0.2, 0) is 14.9 Å². The average Bonchev–Trinajstić information content (AvgIpc) is 3.62. The third-order valence-electron chi connectivity index (χ3n) is 6.63. The topological polar surface area (TPSA) is 75.6 Å². The second kappa shape index (κ2) is 10.3. The molecular formula is C29H23BrClNO4S. The molecule has 37 heavy (non-hydrogen) atoms. The van der Waals surface area contributed by atoms with Crippen molar-refractivity contribution in [2.75, 3.05) is 5.32 Å². The highest BCUT2D eigenvalue weighted by molar-refractivity contribution is 9.11. The molecule has 0 spiro atoms. The molecule has 4 aromatic rings. The molecule has 1 unspecified atom stereocenters. The van der Waals surface area contributed by atoms with Gasteiger partial charge in [0.2, 0.25) is 0 Å². The molecule has 2 N–H and O–H groups in total. The van der Waals surface area contributed by atoms with Crippen LogP contribution in [0.5, 0.6) is 0 Å². The van der Waals surface area contributed by atoms with Gasteiger partial charge in [0.05, 0.1) is 19.8 Å². The summed E-state index contributed by atoms with van der Waals surface area (Å²) in [5, 5.41) is 13.3. The lowest BCUT2D eigenvalue weighted by Gasteiger charge is -2.18. The molecule has 8 heteroatoms. The molecule has 5 nitrogen and oxygen atoms in total. The van der Waals surface area contributed by atoms with Gasteiger partial charge in [0.25, 0.3) is 0 Å². The molecule has 1 atom stereocenters. The van der Waals surface area contributed by atoms with Gasteiger partial charge in [-0.05, 0) is 70.6 Å². The zero-order chi connectivity index (χ0) is 26.2. The Bertz CT molecular complexity index is 1480. The van der Waals surface area contributed by atoms with Crippen molar-refractivity contribution in [2.45, 2.75) is 31.3 Å². The zero-order valence-corrected chi connectivity index (χ0v) is 23.0. The Balaban J connectivity index is 1.51. The number of nitrogens with one attached hydrogen (secondary N) is 1. The minimum atomic E-state index is -0.852. The van der Waals surface area contributed by atoms with E-state index in [4.69, 9.17) is 16.3 Å². The van der Waals surface area contributed by atoms with E-state index < -0.39 is 23.6 Å². The number of amides is 1. The maximum absolute atomic E-state index is 12.9. The second-order valence-corrected chi connectivity index (χ2v) is 11.8. The monoisotopic (exact) mass is 595 g/mol. The molecule has 0 saturated heterocycles. The number of hydrogen-bond acceptors (Lipinski definition) is 4. The molecule has 5 rings (SSSR count). The summed E-state index contributed by atoms with van der Waals surface area (Å²) in [6.45, 7) is 1.77. The summed E-state index contributed by atoms with van der Waals surface area (Å²) >= 11 is 11.3. The summed E-state index contributed by atoms with van der Waals surface area (Å²) in [5.41, 5.74) is 3.99. The molecule has 1 amide bonds. The summed E-state index contributed by atoms with van der Waals surface area (Å²) < 4.78 is 6.45. The van der Waals surface area contributed by atoms with Crippen LogP contribution in [-0.4, -0.2) is 17.2 Å². The molecule has 1 aliphatic rings. The van der Waals surface area contributed by atoms with Crippen LogP contribution in [0, 0.1) is 0 Å². The first-order chi connectivity index (χ1) is 17.8. The van der Waals surface area contributed by atoms with Crippen LogP contribution in [0.15, 0.2) is 82.6 Å². The number of hydrogen-bond donors (Lipinski definition) is 2. The van der Waals surface area contributed by atoms with Crippen LogP contribution in [0.2, 0.25) is 5.02 Å². The molecule has 1 fully saturated rings. The molecule has 1 aromatic heterocycles. The highest BCUT2D eigenvalue weighted by Crippen LogP contribution is 2.51. The molecule has 3 aromatic carbocycles. The second-order valence-electron chi connectivity index (χ2n) is 9.00. The fraction of sp³-hybridized carbons (Fsp3) is 0.172. The van der Waals surface area contributed by atoms with Gasteiger partial charge in [0.1, 0.15) is 6.10 Å². The SMILES string of the molecule is CC(OC(=O)Nc1cc(Br)sc1-c1cc(C2(C(=O)O)CC2)ccc1-c1ccccc1)c1ccccc1Cl. The normalized spacial score (nSPS) is 14.6. The predicted octanol–water partition coefficient (Wildman–Crippen LogP) is 8.92. The standard InChI is InChI=1S/C29H23BrClNO4S/c1-17(20-9-5-6-10-23(20)31)36-28(35)32-24-16-25(30)37-26(24)22-15-19(29(13-14-29)27(33)34)11-12-21(22)18-7-3-2-4-8-18/h2-12,15-17H,13-14H2,1H3,(H,32,35)(H,33,34). The quantitative estimate of drug-likeness (QED) is 0.223. The van der Waals surface area contributed by atoms with Gasteiger partial charge in [0, 0.05) is 16.1 Å². The van der Waals surface area contributed by atoms with Crippen molar-refractivity contribution in [3.05, 3.63) is 98.8 Å². The van der Waals surface area contributed by atoms with Crippen LogP contribution >= 0.6 is 38.9 Å². The Hall–Kier alpha value is -3.13. The van der Waals surface area contributed by atoms with E-state index in [0.29, 0.717) is 29.1 Å². The summed E-state index contributed by atoms with van der Waals surface area (Å²) in [6, 6.07) is 24.8. The Kier molecular flexibility index (Phi) is 7.12. The summed E-state index contributed by atoms with van der Waals surface area (Å²) in [6.07, 6.45) is 0.0592.